The summed E-state index contributed by atoms with van der Waals surface area (Å²) in [6, 6.07) is 13.4. The average molecular weight is 335 g/mol. The molecule has 4 nitrogen and oxygen atoms in total. The van der Waals surface area contributed by atoms with Crippen LogP contribution in [-0.2, 0) is 11.3 Å². The summed E-state index contributed by atoms with van der Waals surface area (Å²) in [5.41, 5.74) is 1.88. The Morgan fingerprint density at radius 3 is 2.95 bits per heavy atom. The molecule has 0 aliphatic carbocycles. The second kappa shape index (κ2) is 6.52. The highest BCUT2D eigenvalue weighted by Gasteiger charge is 2.23. The fraction of sp³-hybridized carbons (Fsp3) is 0.188. The molecule has 1 N–H and O–H groups in total. The minimum absolute atomic E-state index is 0.341. The number of benzene rings is 2. The van der Waals surface area contributed by atoms with Crippen molar-refractivity contribution in [3.63, 3.8) is 0 Å². The zero-order valence-electron chi connectivity index (χ0n) is 12.0. The fourth-order valence-corrected chi connectivity index (χ4v) is 2.69. The average Bonchev–Trinajstić information content (AvgIpc) is 2.69. The van der Waals surface area contributed by atoms with Crippen molar-refractivity contribution in [3.05, 3.63) is 53.1 Å². The molecular weight excluding hydrogens is 320 g/mol. The number of hydrogen-bond donors (Lipinski definition) is 1. The summed E-state index contributed by atoms with van der Waals surface area (Å²) >= 11 is 11.6. The molecule has 0 spiro atoms. The van der Waals surface area contributed by atoms with Crippen molar-refractivity contribution in [2.75, 3.05) is 18.7 Å². The quantitative estimate of drug-likeness (QED) is 0.664. The Morgan fingerprint density at radius 2 is 2.14 bits per heavy atom. The Bertz CT molecular complexity index is 708. The van der Waals surface area contributed by atoms with Gasteiger partial charge in [0.1, 0.15) is 12.5 Å². The van der Waals surface area contributed by atoms with Crippen LogP contribution in [0.3, 0.4) is 0 Å². The van der Waals surface area contributed by atoms with Crippen molar-refractivity contribution in [1.82, 2.24) is 5.32 Å². The minimum atomic E-state index is 0.341. The zero-order valence-corrected chi connectivity index (χ0v) is 13.6. The lowest BCUT2D eigenvalue weighted by molar-refractivity contribution is 0.192. The van der Waals surface area contributed by atoms with Crippen molar-refractivity contribution < 1.29 is 9.47 Å². The van der Waals surface area contributed by atoms with Crippen LogP contribution in [0.15, 0.2) is 42.5 Å². The third-order valence-corrected chi connectivity index (χ3v) is 3.95. The van der Waals surface area contributed by atoms with E-state index in [4.69, 9.17) is 33.3 Å². The highest BCUT2D eigenvalue weighted by molar-refractivity contribution is 7.80. The summed E-state index contributed by atoms with van der Waals surface area (Å²) < 4.78 is 11.1. The van der Waals surface area contributed by atoms with Gasteiger partial charge in [-0.05, 0) is 36.5 Å². The maximum absolute atomic E-state index is 6.14. The number of anilines is 1. The lowest BCUT2D eigenvalue weighted by Crippen LogP contribution is -2.40. The molecule has 0 bridgehead atoms. The Hall–Kier alpha value is -1.82. The van der Waals surface area contributed by atoms with Gasteiger partial charge in [-0.1, -0.05) is 29.8 Å². The van der Waals surface area contributed by atoms with Crippen molar-refractivity contribution in [3.8, 4) is 11.5 Å². The Labute approximate surface area is 139 Å². The van der Waals surface area contributed by atoms with Gasteiger partial charge in [0.25, 0.3) is 0 Å². The predicted molar refractivity (Wildman–Crippen MR) is 91.8 cm³/mol. The number of fused-ring (bicyclic) bond motifs is 2. The SMILES string of the molecule is COCNC(=S)N1Cc2ccccc2Oc2ccc(Cl)cc21. The number of halogens is 1. The molecule has 2 aromatic rings. The van der Waals surface area contributed by atoms with E-state index in [1.807, 2.05) is 41.3 Å². The van der Waals surface area contributed by atoms with Crippen LogP contribution in [0, 0.1) is 0 Å². The highest BCUT2D eigenvalue weighted by Crippen LogP contribution is 2.40. The third-order valence-electron chi connectivity index (χ3n) is 3.35. The number of nitrogens with one attached hydrogen (secondary N) is 1. The summed E-state index contributed by atoms with van der Waals surface area (Å²) in [4.78, 5) is 1.96. The number of methoxy groups -OCH3 is 1. The first-order valence-electron chi connectivity index (χ1n) is 6.78. The molecule has 0 atom stereocenters. The van der Waals surface area contributed by atoms with Gasteiger partial charge in [-0.15, -0.1) is 0 Å². The standard InChI is InChI=1S/C16H15ClN2O2S/c1-20-10-18-16(22)19-9-11-4-2-3-5-14(11)21-15-7-6-12(17)8-13(15)19/h2-8H,9-10H2,1H3,(H,18,22). The van der Waals surface area contributed by atoms with Gasteiger partial charge >= 0.3 is 0 Å². The Balaban J connectivity index is 2.04. The summed E-state index contributed by atoms with van der Waals surface area (Å²) in [5.74, 6) is 1.54. The molecule has 2 aromatic carbocycles. The van der Waals surface area contributed by atoms with Gasteiger partial charge in [-0.25, -0.2) is 0 Å². The smallest absolute Gasteiger partial charge is 0.175 e. The first-order valence-corrected chi connectivity index (χ1v) is 7.57. The normalized spacial score (nSPS) is 12.7. The molecule has 0 amide bonds. The maximum atomic E-state index is 6.14. The second-order valence-corrected chi connectivity index (χ2v) is 5.65. The van der Waals surface area contributed by atoms with Gasteiger partial charge < -0.3 is 19.7 Å². The third kappa shape index (κ3) is 3.02. The van der Waals surface area contributed by atoms with E-state index in [1.165, 1.54) is 0 Å². The number of ether oxygens (including phenoxy) is 2. The first kappa shape index (κ1) is 15.1. The summed E-state index contributed by atoms with van der Waals surface area (Å²) in [6.45, 7) is 0.937. The van der Waals surface area contributed by atoms with Crippen molar-refractivity contribution in [2.45, 2.75) is 6.54 Å². The van der Waals surface area contributed by atoms with Gasteiger partial charge in [0.05, 0.1) is 12.2 Å². The van der Waals surface area contributed by atoms with Gasteiger partial charge in [-0.2, -0.15) is 0 Å². The van der Waals surface area contributed by atoms with Gasteiger partial charge in [-0.3, -0.25) is 0 Å². The lowest BCUT2D eigenvalue weighted by Gasteiger charge is -2.25. The minimum Gasteiger partial charge on any atom is -0.455 e. The molecule has 0 unspecified atom stereocenters. The highest BCUT2D eigenvalue weighted by atomic mass is 35.5. The molecule has 0 saturated carbocycles. The molecule has 0 aromatic heterocycles. The van der Waals surface area contributed by atoms with E-state index >= 15 is 0 Å². The van der Waals surface area contributed by atoms with Gasteiger partial charge in [0, 0.05) is 17.7 Å². The van der Waals surface area contributed by atoms with Gasteiger partial charge in [0.2, 0.25) is 0 Å². The van der Waals surface area contributed by atoms with E-state index in [9.17, 15) is 0 Å². The summed E-state index contributed by atoms with van der Waals surface area (Å²) in [5, 5.41) is 4.25. The van der Waals surface area contributed by atoms with Crippen molar-refractivity contribution in [1.29, 1.82) is 0 Å². The fourth-order valence-electron chi connectivity index (χ4n) is 2.31. The monoisotopic (exact) mass is 334 g/mol. The molecule has 0 radical (unpaired) electrons. The van der Waals surface area contributed by atoms with Gasteiger partial charge in [0.15, 0.2) is 10.9 Å². The molecule has 0 saturated heterocycles. The van der Waals surface area contributed by atoms with Crippen LogP contribution in [0.25, 0.3) is 0 Å². The largest absolute Gasteiger partial charge is 0.455 e. The molecule has 3 rings (SSSR count). The number of thiocarbonyl (C=S) groups is 1. The topological polar surface area (TPSA) is 33.7 Å². The Morgan fingerprint density at radius 1 is 1.32 bits per heavy atom. The van der Waals surface area contributed by atoms with E-state index in [2.05, 4.69) is 5.32 Å². The van der Waals surface area contributed by atoms with E-state index in [1.54, 1.807) is 13.2 Å². The first-order chi connectivity index (χ1) is 10.7. The number of hydrogen-bond acceptors (Lipinski definition) is 3. The molecule has 1 heterocycles. The van der Waals surface area contributed by atoms with Crippen LogP contribution < -0.4 is 15.0 Å². The van der Waals surface area contributed by atoms with Crippen molar-refractivity contribution >= 4 is 34.6 Å². The van der Waals surface area contributed by atoms with Crippen LogP contribution in [0.2, 0.25) is 5.02 Å². The maximum Gasteiger partial charge on any atom is 0.175 e. The second-order valence-electron chi connectivity index (χ2n) is 4.82. The molecule has 0 fully saturated rings. The Kier molecular flexibility index (Phi) is 4.47. The van der Waals surface area contributed by atoms with E-state index < -0.39 is 0 Å². The number of rotatable bonds is 2. The van der Waals surface area contributed by atoms with Crippen LogP contribution in [0.5, 0.6) is 11.5 Å². The zero-order chi connectivity index (χ0) is 15.5. The molecule has 1 aliphatic rings. The molecule has 6 heteroatoms. The van der Waals surface area contributed by atoms with E-state index in [0.29, 0.717) is 23.4 Å². The van der Waals surface area contributed by atoms with Crippen LogP contribution in [-0.4, -0.2) is 19.0 Å². The summed E-state index contributed by atoms with van der Waals surface area (Å²) in [7, 11) is 1.61. The van der Waals surface area contributed by atoms with Crippen LogP contribution in [0.4, 0.5) is 5.69 Å². The summed E-state index contributed by atoms with van der Waals surface area (Å²) in [6.07, 6.45) is 0. The van der Waals surface area contributed by atoms with E-state index in [-0.39, 0.29) is 0 Å². The van der Waals surface area contributed by atoms with Crippen LogP contribution >= 0.6 is 23.8 Å². The van der Waals surface area contributed by atoms with Crippen molar-refractivity contribution in [2.24, 2.45) is 0 Å². The molecular formula is C16H15ClN2O2S. The van der Waals surface area contributed by atoms with Crippen LogP contribution in [0.1, 0.15) is 5.56 Å². The number of para-hydroxylation sites is 1. The number of nitrogens with zero attached hydrogens (tertiary/aromatic N) is 1. The van der Waals surface area contributed by atoms with E-state index in [0.717, 1.165) is 22.7 Å². The predicted octanol–water partition coefficient (Wildman–Crippen LogP) is 3.93. The molecule has 22 heavy (non-hydrogen) atoms. The molecule has 114 valence electrons. The molecule has 1 aliphatic heterocycles. The lowest BCUT2D eigenvalue weighted by atomic mass is 10.2.